The number of hydrogen-bond donors (Lipinski definition) is 1. The molecule has 1 N–H and O–H groups in total. The number of rotatable bonds is 5. The molecule has 4 aromatic rings. The van der Waals surface area contributed by atoms with Crippen molar-refractivity contribution in [2.24, 2.45) is 0 Å². The fourth-order valence-corrected chi connectivity index (χ4v) is 4.51. The zero-order chi connectivity index (χ0) is 21.3. The molecule has 0 saturated heterocycles. The van der Waals surface area contributed by atoms with Crippen LogP contribution in [0.3, 0.4) is 0 Å². The molecule has 0 saturated carbocycles. The number of anilines is 2. The predicted octanol–water partition coefficient (Wildman–Crippen LogP) is 4.97. The lowest BCUT2D eigenvalue weighted by Gasteiger charge is -2.19. The van der Waals surface area contributed by atoms with Gasteiger partial charge in [0, 0.05) is 29.9 Å². The van der Waals surface area contributed by atoms with Crippen LogP contribution in [0, 0.1) is 0 Å². The Balaban J connectivity index is 1.61. The Morgan fingerprint density at radius 1 is 0.933 bits per heavy atom. The van der Waals surface area contributed by atoms with Gasteiger partial charge in [-0.15, -0.1) is 0 Å². The molecule has 0 spiro atoms. The van der Waals surface area contributed by atoms with Gasteiger partial charge in [0.1, 0.15) is 10.5 Å². The van der Waals surface area contributed by atoms with Gasteiger partial charge in [-0.1, -0.05) is 41.9 Å². The van der Waals surface area contributed by atoms with Gasteiger partial charge in [-0.3, -0.25) is 4.79 Å². The minimum atomic E-state index is -4.13. The topological polar surface area (TPSA) is 79.6 Å². The van der Waals surface area contributed by atoms with Crippen molar-refractivity contribution >= 4 is 49.9 Å². The Labute approximate surface area is 178 Å². The van der Waals surface area contributed by atoms with Gasteiger partial charge in [-0.05, 0) is 42.5 Å². The van der Waals surface area contributed by atoms with Gasteiger partial charge in [0.15, 0.2) is 5.76 Å². The third-order valence-corrected chi connectivity index (χ3v) is 6.44. The van der Waals surface area contributed by atoms with Crippen LogP contribution in [-0.4, -0.2) is 21.4 Å². The van der Waals surface area contributed by atoms with E-state index in [0.717, 1.165) is 11.4 Å². The summed E-state index contributed by atoms with van der Waals surface area (Å²) in [6.07, 6.45) is 0. The summed E-state index contributed by atoms with van der Waals surface area (Å²) in [5.41, 5.74) is 2.32. The molecule has 1 heterocycles. The van der Waals surface area contributed by atoms with E-state index >= 15 is 0 Å². The molecular formula is C22H17ClN2O4S. The number of carbonyl (C=O) groups excluding carboxylic acids is 1. The maximum absolute atomic E-state index is 12.5. The van der Waals surface area contributed by atoms with E-state index in [9.17, 15) is 13.2 Å². The SMILES string of the molecule is CN(c1ccccc1)c1ccc2cc(C(=O)NS(=O)(=O)c3ccccc3Cl)oc2c1. The van der Waals surface area contributed by atoms with Gasteiger partial charge < -0.3 is 9.32 Å². The normalized spacial score (nSPS) is 11.4. The number of halogens is 1. The Hall–Kier alpha value is -3.29. The number of nitrogens with zero attached hydrogens (tertiary/aromatic N) is 1. The summed E-state index contributed by atoms with van der Waals surface area (Å²) in [4.78, 5) is 14.3. The number of nitrogens with one attached hydrogen (secondary N) is 1. The van der Waals surface area contributed by atoms with Crippen LogP contribution in [0.2, 0.25) is 5.02 Å². The maximum atomic E-state index is 12.5. The van der Waals surface area contributed by atoms with Gasteiger partial charge in [-0.2, -0.15) is 0 Å². The first-order valence-corrected chi connectivity index (χ1v) is 10.9. The third kappa shape index (κ3) is 3.90. The van der Waals surface area contributed by atoms with Gasteiger partial charge >= 0.3 is 5.91 Å². The highest BCUT2D eigenvalue weighted by atomic mass is 35.5. The molecule has 0 bridgehead atoms. The molecule has 4 rings (SSSR count). The lowest BCUT2D eigenvalue weighted by atomic mass is 10.2. The lowest BCUT2D eigenvalue weighted by Crippen LogP contribution is -2.30. The van der Waals surface area contributed by atoms with Crippen LogP contribution in [0.4, 0.5) is 11.4 Å². The average molecular weight is 441 g/mol. The quantitative estimate of drug-likeness (QED) is 0.473. The zero-order valence-corrected chi connectivity index (χ0v) is 17.4. The highest BCUT2D eigenvalue weighted by molar-refractivity contribution is 7.90. The molecule has 8 heteroatoms. The molecule has 6 nitrogen and oxygen atoms in total. The van der Waals surface area contributed by atoms with Crippen molar-refractivity contribution in [3.63, 3.8) is 0 Å². The van der Waals surface area contributed by atoms with Gasteiger partial charge in [0.25, 0.3) is 10.0 Å². The molecule has 0 aliphatic heterocycles. The summed E-state index contributed by atoms with van der Waals surface area (Å²) < 4.78 is 32.6. The summed E-state index contributed by atoms with van der Waals surface area (Å²) in [5.74, 6) is -0.982. The second-order valence-corrected chi connectivity index (χ2v) is 8.65. The first kappa shape index (κ1) is 20.0. The van der Waals surface area contributed by atoms with Gasteiger partial charge in [-0.25, -0.2) is 13.1 Å². The van der Waals surface area contributed by atoms with Crippen molar-refractivity contribution < 1.29 is 17.6 Å². The summed E-state index contributed by atoms with van der Waals surface area (Å²) in [7, 11) is -2.21. The number of fused-ring (bicyclic) bond motifs is 1. The molecule has 3 aromatic carbocycles. The number of benzene rings is 3. The van der Waals surface area contributed by atoms with Crippen LogP contribution >= 0.6 is 11.6 Å². The van der Waals surface area contributed by atoms with Crippen LogP contribution in [0.1, 0.15) is 10.6 Å². The summed E-state index contributed by atoms with van der Waals surface area (Å²) in [6.45, 7) is 0. The maximum Gasteiger partial charge on any atom is 0.300 e. The predicted molar refractivity (Wildman–Crippen MR) is 117 cm³/mol. The number of carbonyl (C=O) groups is 1. The van der Waals surface area contributed by atoms with E-state index in [-0.39, 0.29) is 15.7 Å². The minimum absolute atomic E-state index is 0.0241. The number of sulfonamides is 1. The van der Waals surface area contributed by atoms with E-state index in [1.807, 2.05) is 59.1 Å². The van der Waals surface area contributed by atoms with Gasteiger partial charge in [0.05, 0.1) is 5.02 Å². The van der Waals surface area contributed by atoms with Crippen LogP contribution in [0.15, 0.2) is 88.2 Å². The largest absolute Gasteiger partial charge is 0.451 e. The van der Waals surface area contributed by atoms with Crippen LogP contribution in [0.25, 0.3) is 11.0 Å². The summed E-state index contributed by atoms with van der Waals surface area (Å²) >= 11 is 5.94. The molecule has 0 fully saturated rings. The molecule has 1 amide bonds. The monoisotopic (exact) mass is 440 g/mol. The number of furan rings is 1. The molecule has 0 atom stereocenters. The Kier molecular flexibility index (Phi) is 5.24. The Bertz CT molecular complexity index is 1330. The van der Waals surface area contributed by atoms with E-state index in [4.69, 9.17) is 16.0 Å². The lowest BCUT2D eigenvalue weighted by molar-refractivity contribution is 0.0956. The summed E-state index contributed by atoms with van der Waals surface area (Å²) in [5, 5.41) is 0.705. The number of amides is 1. The van der Waals surface area contributed by atoms with Crippen molar-refractivity contribution in [1.29, 1.82) is 0 Å². The molecule has 152 valence electrons. The first-order chi connectivity index (χ1) is 14.3. The number of para-hydroxylation sites is 1. The van der Waals surface area contributed by atoms with Crippen LogP contribution in [0.5, 0.6) is 0 Å². The Morgan fingerprint density at radius 2 is 1.63 bits per heavy atom. The first-order valence-electron chi connectivity index (χ1n) is 8.99. The van der Waals surface area contributed by atoms with Crippen molar-refractivity contribution in [2.75, 3.05) is 11.9 Å². The minimum Gasteiger partial charge on any atom is -0.451 e. The van der Waals surface area contributed by atoms with Crippen molar-refractivity contribution in [1.82, 2.24) is 4.72 Å². The van der Waals surface area contributed by atoms with Crippen molar-refractivity contribution in [3.8, 4) is 0 Å². The van der Waals surface area contributed by atoms with Crippen molar-refractivity contribution in [2.45, 2.75) is 4.90 Å². The van der Waals surface area contributed by atoms with Crippen LogP contribution < -0.4 is 9.62 Å². The Morgan fingerprint density at radius 3 is 2.37 bits per heavy atom. The fourth-order valence-electron chi connectivity index (χ4n) is 3.03. The van der Waals surface area contributed by atoms with Crippen molar-refractivity contribution in [3.05, 3.63) is 89.6 Å². The molecule has 1 aromatic heterocycles. The van der Waals surface area contributed by atoms with E-state index in [1.54, 1.807) is 12.1 Å². The molecule has 0 unspecified atom stereocenters. The van der Waals surface area contributed by atoms with Gasteiger partial charge in [0.2, 0.25) is 0 Å². The molecule has 0 aliphatic rings. The zero-order valence-electron chi connectivity index (χ0n) is 15.9. The van der Waals surface area contributed by atoms with E-state index in [2.05, 4.69) is 0 Å². The molecule has 0 radical (unpaired) electrons. The third-order valence-electron chi connectivity index (χ3n) is 4.61. The van der Waals surface area contributed by atoms with E-state index in [0.29, 0.717) is 11.0 Å². The molecular weight excluding hydrogens is 424 g/mol. The second kappa shape index (κ2) is 7.85. The highest BCUT2D eigenvalue weighted by Crippen LogP contribution is 2.29. The summed E-state index contributed by atoms with van der Waals surface area (Å²) in [6, 6.07) is 22.7. The average Bonchev–Trinajstić information content (AvgIpc) is 3.17. The van der Waals surface area contributed by atoms with Crippen LogP contribution in [-0.2, 0) is 10.0 Å². The molecule has 30 heavy (non-hydrogen) atoms. The second-order valence-electron chi connectivity index (χ2n) is 6.59. The highest BCUT2D eigenvalue weighted by Gasteiger charge is 2.23. The van der Waals surface area contributed by atoms with E-state index < -0.39 is 15.9 Å². The molecule has 0 aliphatic carbocycles. The smallest absolute Gasteiger partial charge is 0.300 e. The fraction of sp³-hybridized carbons (Fsp3) is 0.0455. The standard InChI is InChI=1S/C22H17ClN2O4S/c1-25(16-7-3-2-4-8-16)17-12-11-15-13-20(29-19(15)14-17)22(26)24-30(27,28)21-10-6-5-9-18(21)23/h2-14H,1H3,(H,24,26). The van der Waals surface area contributed by atoms with E-state index in [1.165, 1.54) is 24.3 Å². The number of hydrogen-bond acceptors (Lipinski definition) is 5.